The van der Waals surface area contributed by atoms with E-state index in [2.05, 4.69) is 15.5 Å². The van der Waals surface area contributed by atoms with Crippen LogP contribution in [0.2, 0.25) is 0 Å². The van der Waals surface area contributed by atoms with Crippen molar-refractivity contribution in [1.29, 1.82) is 0 Å². The monoisotopic (exact) mass is 273 g/mol. The Morgan fingerprint density at radius 2 is 2.10 bits per heavy atom. The zero-order valence-electron chi connectivity index (χ0n) is 11.7. The fourth-order valence-electron chi connectivity index (χ4n) is 1.82. The van der Waals surface area contributed by atoms with Crippen molar-refractivity contribution >= 4 is 11.7 Å². The number of nitrogens with zero attached hydrogens (tertiary/aromatic N) is 1. The lowest BCUT2D eigenvalue weighted by molar-refractivity contribution is 0.0505. The first-order chi connectivity index (χ1) is 9.70. The highest BCUT2D eigenvalue weighted by Gasteiger charge is 2.08. The Labute approximate surface area is 118 Å². The molecule has 5 nitrogen and oxygen atoms in total. The third-order valence-corrected chi connectivity index (χ3v) is 2.93. The summed E-state index contributed by atoms with van der Waals surface area (Å²) in [7, 11) is 0. The number of nitrogens with one attached hydrogen (secondary N) is 2. The summed E-state index contributed by atoms with van der Waals surface area (Å²) in [5, 5.41) is 10.2. The van der Waals surface area contributed by atoms with Gasteiger partial charge in [0.25, 0.3) is 0 Å². The normalized spacial score (nSPS) is 11.9. The summed E-state index contributed by atoms with van der Waals surface area (Å²) in [5.74, 6) is -0.278. The topological polar surface area (TPSA) is 67.0 Å². The maximum atomic E-state index is 11.7. The van der Waals surface area contributed by atoms with Crippen LogP contribution >= 0.6 is 0 Å². The number of aromatic amines is 1. The van der Waals surface area contributed by atoms with Crippen molar-refractivity contribution in [2.45, 2.75) is 26.3 Å². The summed E-state index contributed by atoms with van der Waals surface area (Å²) in [6.45, 7) is 4.46. The van der Waals surface area contributed by atoms with Crippen molar-refractivity contribution in [2.24, 2.45) is 0 Å². The van der Waals surface area contributed by atoms with Gasteiger partial charge in [0.1, 0.15) is 0 Å². The molecule has 0 spiro atoms. The zero-order chi connectivity index (χ0) is 14.4. The van der Waals surface area contributed by atoms with Crippen molar-refractivity contribution in [3.05, 3.63) is 47.8 Å². The summed E-state index contributed by atoms with van der Waals surface area (Å²) < 4.78 is 5.08. The Kier molecular flexibility index (Phi) is 4.76. The Morgan fingerprint density at radius 1 is 1.35 bits per heavy atom. The van der Waals surface area contributed by atoms with Crippen molar-refractivity contribution in [3.63, 3.8) is 0 Å². The molecule has 1 heterocycles. The lowest BCUT2D eigenvalue weighted by Crippen LogP contribution is -2.08. The Morgan fingerprint density at radius 3 is 2.70 bits per heavy atom. The van der Waals surface area contributed by atoms with E-state index < -0.39 is 0 Å². The van der Waals surface area contributed by atoms with E-state index in [9.17, 15) is 4.79 Å². The number of ether oxygens (including phenoxy) is 1. The van der Waals surface area contributed by atoms with Crippen LogP contribution in [0.25, 0.3) is 0 Å². The van der Waals surface area contributed by atoms with Crippen molar-refractivity contribution in [3.8, 4) is 0 Å². The van der Waals surface area contributed by atoms with Gasteiger partial charge in [-0.25, -0.2) is 4.79 Å². The fourth-order valence-corrected chi connectivity index (χ4v) is 1.82. The number of carbonyl (C=O) groups is 1. The van der Waals surface area contributed by atoms with Gasteiger partial charge in [0.05, 0.1) is 23.9 Å². The third kappa shape index (κ3) is 3.60. The second-order valence-electron chi connectivity index (χ2n) is 4.59. The molecule has 0 saturated heterocycles. The first kappa shape index (κ1) is 14.1. The lowest BCUT2D eigenvalue weighted by atomic mass is 10.2. The molecule has 2 rings (SSSR count). The molecular weight excluding hydrogens is 254 g/mol. The fraction of sp³-hybridized carbons (Fsp3) is 0.333. The van der Waals surface area contributed by atoms with Gasteiger partial charge in [0.15, 0.2) is 0 Å². The molecule has 20 heavy (non-hydrogen) atoms. The van der Waals surface area contributed by atoms with E-state index in [0.717, 1.165) is 17.8 Å². The van der Waals surface area contributed by atoms with Crippen LogP contribution < -0.4 is 5.32 Å². The molecule has 5 heteroatoms. The number of aromatic nitrogens is 2. The molecule has 0 saturated carbocycles. The number of anilines is 1. The van der Waals surface area contributed by atoms with Gasteiger partial charge in [0, 0.05) is 11.9 Å². The highest BCUT2D eigenvalue weighted by molar-refractivity contribution is 5.89. The Balaban J connectivity index is 1.96. The molecule has 0 bridgehead atoms. The van der Waals surface area contributed by atoms with Gasteiger partial charge in [0.2, 0.25) is 0 Å². The van der Waals surface area contributed by atoms with Crippen LogP contribution in [0.15, 0.2) is 36.5 Å². The molecule has 1 aromatic carbocycles. The molecule has 2 aromatic rings. The van der Waals surface area contributed by atoms with Crippen LogP contribution in [0.4, 0.5) is 5.69 Å². The number of carbonyl (C=O) groups excluding carboxylic acids is 1. The van der Waals surface area contributed by atoms with Gasteiger partial charge < -0.3 is 10.1 Å². The van der Waals surface area contributed by atoms with E-state index in [0.29, 0.717) is 12.2 Å². The van der Waals surface area contributed by atoms with Crippen LogP contribution in [0, 0.1) is 0 Å². The summed E-state index contributed by atoms with van der Waals surface area (Å²) >= 11 is 0. The van der Waals surface area contributed by atoms with Crippen LogP contribution in [-0.4, -0.2) is 22.8 Å². The van der Waals surface area contributed by atoms with Crippen LogP contribution in [0.5, 0.6) is 0 Å². The summed E-state index contributed by atoms with van der Waals surface area (Å²) in [6.07, 6.45) is 2.55. The number of H-pyrrole nitrogens is 1. The number of hydrogen-bond donors (Lipinski definition) is 2. The largest absolute Gasteiger partial charge is 0.462 e. The Hall–Kier alpha value is -2.30. The highest BCUT2D eigenvalue weighted by atomic mass is 16.5. The van der Waals surface area contributed by atoms with Crippen LogP contribution in [0.1, 0.15) is 42.4 Å². The smallest absolute Gasteiger partial charge is 0.338 e. The molecule has 106 valence electrons. The van der Waals surface area contributed by atoms with E-state index in [1.165, 1.54) is 0 Å². The van der Waals surface area contributed by atoms with Crippen molar-refractivity contribution < 1.29 is 9.53 Å². The number of hydrogen-bond acceptors (Lipinski definition) is 4. The molecule has 2 N–H and O–H groups in total. The minimum absolute atomic E-state index is 0.121. The van der Waals surface area contributed by atoms with E-state index in [1.54, 1.807) is 18.3 Å². The molecule has 1 aromatic heterocycles. The van der Waals surface area contributed by atoms with E-state index in [-0.39, 0.29) is 12.0 Å². The summed E-state index contributed by atoms with van der Waals surface area (Å²) in [6, 6.07) is 9.31. The molecule has 0 fully saturated rings. The minimum Gasteiger partial charge on any atom is -0.462 e. The summed E-state index contributed by atoms with van der Waals surface area (Å²) in [5.41, 5.74) is 2.52. The molecule has 0 radical (unpaired) electrons. The molecule has 0 aliphatic rings. The van der Waals surface area contributed by atoms with Gasteiger partial charge in [-0.2, -0.15) is 5.10 Å². The number of esters is 1. The first-order valence-corrected chi connectivity index (χ1v) is 6.73. The predicted molar refractivity (Wildman–Crippen MR) is 77.6 cm³/mol. The SMILES string of the molecule is CCCOC(=O)c1ccc(NC(C)c2ccn[nH]2)cc1. The summed E-state index contributed by atoms with van der Waals surface area (Å²) in [4.78, 5) is 11.7. The quantitative estimate of drug-likeness (QED) is 0.793. The maximum Gasteiger partial charge on any atom is 0.338 e. The van der Waals surface area contributed by atoms with Gasteiger partial charge in [-0.15, -0.1) is 0 Å². The standard InChI is InChI=1S/C15H19N3O2/c1-3-10-20-15(19)12-4-6-13(7-5-12)17-11(2)14-8-9-16-18-14/h4-9,11,17H,3,10H2,1-2H3,(H,16,18). The third-order valence-electron chi connectivity index (χ3n) is 2.93. The van der Waals surface area contributed by atoms with E-state index in [1.807, 2.05) is 32.0 Å². The number of rotatable bonds is 6. The van der Waals surface area contributed by atoms with Gasteiger partial charge in [-0.3, -0.25) is 5.10 Å². The molecule has 0 amide bonds. The molecule has 0 aliphatic heterocycles. The highest BCUT2D eigenvalue weighted by Crippen LogP contribution is 2.18. The molecule has 1 unspecified atom stereocenters. The zero-order valence-corrected chi connectivity index (χ0v) is 11.7. The van der Waals surface area contributed by atoms with Crippen LogP contribution in [0.3, 0.4) is 0 Å². The van der Waals surface area contributed by atoms with Gasteiger partial charge in [-0.05, 0) is 43.7 Å². The van der Waals surface area contributed by atoms with E-state index in [4.69, 9.17) is 4.74 Å². The lowest BCUT2D eigenvalue weighted by Gasteiger charge is -2.13. The predicted octanol–water partition coefficient (Wildman–Crippen LogP) is 3.15. The first-order valence-electron chi connectivity index (χ1n) is 6.73. The second kappa shape index (κ2) is 6.75. The molecular formula is C15H19N3O2. The second-order valence-corrected chi connectivity index (χ2v) is 4.59. The van der Waals surface area contributed by atoms with Crippen molar-refractivity contribution in [2.75, 3.05) is 11.9 Å². The van der Waals surface area contributed by atoms with Gasteiger partial charge >= 0.3 is 5.97 Å². The average Bonchev–Trinajstić information content (AvgIpc) is 3.00. The minimum atomic E-state index is -0.278. The number of benzene rings is 1. The van der Waals surface area contributed by atoms with E-state index >= 15 is 0 Å². The van der Waals surface area contributed by atoms with Gasteiger partial charge in [-0.1, -0.05) is 6.92 Å². The van der Waals surface area contributed by atoms with Crippen LogP contribution in [-0.2, 0) is 4.74 Å². The van der Waals surface area contributed by atoms with Crippen molar-refractivity contribution in [1.82, 2.24) is 10.2 Å². The molecule has 0 aliphatic carbocycles. The maximum absolute atomic E-state index is 11.7. The molecule has 1 atom stereocenters. The average molecular weight is 273 g/mol. The Bertz CT molecular complexity index is 535.